The second kappa shape index (κ2) is 14.1. The van der Waals surface area contributed by atoms with Gasteiger partial charge in [0.05, 0.1) is 37.5 Å². The summed E-state index contributed by atoms with van der Waals surface area (Å²) in [5, 5.41) is 5.33. The van der Waals surface area contributed by atoms with Crippen molar-refractivity contribution in [2.75, 3.05) is 13.9 Å². The summed E-state index contributed by atoms with van der Waals surface area (Å²) in [6, 6.07) is 14.3. The number of cyclic esters (lactones) is 1. The Balaban J connectivity index is 1.32. The summed E-state index contributed by atoms with van der Waals surface area (Å²) in [6.07, 6.45) is -1.46. The minimum Gasteiger partial charge on any atom is -0.497 e. The highest BCUT2D eigenvalue weighted by Gasteiger charge is 2.61. The van der Waals surface area contributed by atoms with Gasteiger partial charge in [-0.15, -0.1) is 0 Å². The van der Waals surface area contributed by atoms with Crippen molar-refractivity contribution in [3.05, 3.63) is 77.1 Å². The van der Waals surface area contributed by atoms with Crippen LogP contribution in [0.4, 0.5) is 4.79 Å². The maximum Gasteiger partial charge on any atom is 0.408 e. The van der Waals surface area contributed by atoms with Gasteiger partial charge in [-0.05, 0) is 51.0 Å². The van der Waals surface area contributed by atoms with Gasteiger partial charge in [0, 0.05) is 12.3 Å². The highest BCUT2D eigenvalue weighted by Crippen LogP contribution is 2.48. The molecule has 0 radical (unpaired) electrons. The number of carbonyl (C=O) groups excluding carboxylic acids is 4. The summed E-state index contributed by atoms with van der Waals surface area (Å²) in [5.41, 5.74) is 0.0151. The number of amides is 2. The molecule has 47 heavy (non-hydrogen) atoms. The van der Waals surface area contributed by atoms with E-state index in [1.165, 1.54) is 13.8 Å². The number of ether oxygens (including phenoxy) is 7. The maximum absolute atomic E-state index is 13.5. The van der Waals surface area contributed by atoms with E-state index in [9.17, 15) is 19.2 Å². The number of fused-ring (bicyclic) bond motifs is 3. The van der Waals surface area contributed by atoms with E-state index in [-0.39, 0.29) is 37.8 Å². The molecule has 6 atom stereocenters. The SMILES string of the molecule is COc1ccc(COC(=O)NC(C)C(=O)N[C@@H]2[C@H]3C(=C(OCOCc4ccccc4)C[C@H]4OC(C)(C)O[C@H]34)C(=O)O[C@]2(C)C=O)cc1. The Morgan fingerprint density at radius 2 is 1.72 bits per heavy atom. The summed E-state index contributed by atoms with van der Waals surface area (Å²) < 4.78 is 40.2. The van der Waals surface area contributed by atoms with Gasteiger partial charge in [0.1, 0.15) is 24.2 Å². The molecule has 5 rings (SSSR count). The summed E-state index contributed by atoms with van der Waals surface area (Å²) in [7, 11) is 1.55. The minimum absolute atomic E-state index is 0.0315. The number of benzene rings is 2. The largest absolute Gasteiger partial charge is 0.497 e. The topological polar surface area (TPSA) is 157 Å². The van der Waals surface area contributed by atoms with Crippen LogP contribution in [0, 0.1) is 5.92 Å². The Hall–Kier alpha value is -4.46. The van der Waals surface area contributed by atoms with Crippen LogP contribution in [-0.2, 0) is 56.0 Å². The monoisotopic (exact) mass is 652 g/mol. The molecule has 13 nitrogen and oxygen atoms in total. The number of esters is 1. The number of hydrogen-bond donors (Lipinski definition) is 2. The zero-order chi connectivity index (χ0) is 33.8. The number of carbonyl (C=O) groups is 4. The van der Waals surface area contributed by atoms with Gasteiger partial charge >= 0.3 is 12.1 Å². The van der Waals surface area contributed by atoms with Gasteiger partial charge in [-0.1, -0.05) is 42.5 Å². The zero-order valence-corrected chi connectivity index (χ0v) is 27.0. The predicted octanol–water partition coefficient (Wildman–Crippen LogP) is 3.29. The van der Waals surface area contributed by atoms with E-state index in [1.54, 1.807) is 45.2 Å². The van der Waals surface area contributed by atoms with Crippen molar-refractivity contribution in [3.63, 3.8) is 0 Å². The first kappa shape index (κ1) is 33.9. The number of methoxy groups -OCH3 is 1. The summed E-state index contributed by atoms with van der Waals surface area (Å²) >= 11 is 0. The summed E-state index contributed by atoms with van der Waals surface area (Å²) in [6.45, 7) is 6.44. The van der Waals surface area contributed by atoms with Crippen LogP contribution in [0.25, 0.3) is 0 Å². The second-order valence-electron chi connectivity index (χ2n) is 12.3. The fourth-order valence-corrected chi connectivity index (χ4v) is 6.00. The van der Waals surface area contributed by atoms with E-state index in [2.05, 4.69) is 10.6 Å². The molecule has 0 saturated carbocycles. The van der Waals surface area contributed by atoms with E-state index >= 15 is 0 Å². The van der Waals surface area contributed by atoms with Crippen LogP contribution in [0.3, 0.4) is 0 Å². The molecule has 2 aliphatic heterocycles. The molecule has 2 amide bonds. The van der Waals surface area contributed by atoms with Crippen molar-refractivity contribution < 1.29 is 52.3 Å². The van der Waals surface area contributed by atoms with Crippen LogP contribution in [0.5, 0.6) is 5.75 Å². The standard InChI is InChI=1S/C34H40N2O11/c1-20(35-32(40)43-17-22-11-13-23(41-5)14-12-22)30(38)36-29-27-26(31(39)47-34(29,4)18-37)24(15-25-28(27)46-33(2,3)45-25)44-19-42-16-21-9-7-6-8-10-21/h6-14,18,20,25,27-29H,15-17,19H2,1-5H3,(H,35,40)(H,36,38)/t20?,25-,27+,28+,29-,34-/m1/s1. The third-order valence-corrected chi connectivity index (χ3v) is 8.32. The van der Waals surface area contributed by atoms with Crippen molar-refractivity contribution in [1.29, 1.82) is 0 Å². The maximum atomic E-state index is 13.5. The highest BCUT2D eigenvalue weighted by atomic mass is 16.8. The quantitative estimate of drug-likeness (QED) is 0.150. The van der Waals surface area contributed by atoms with E-state index in [4.69, 9.17) is 33.2 Å². The predicted molar refractivity (Wildman–Crippen MR) is 164 cm³/mol. The first-order chi connectivity index (χ1) is 22.4. The van der Waals surface area contributed by atoms with Crippen molar-refractivity contribution >= 4 is 24.3 Å². The first-order valence-electron chi connectivity index (χ1n) is 15.3. The van der Waals surface area contributed by atoms with Crippen molar-refractivity contribution in [3.8, 4) is 5.75 Å². The Kier molecular flexibility index (Phi) is 10.2. The summed E-state index contributed by atoms with van der Waals surface area (Å²) in [5.74, 6) is -2.40. The molecule has 2 heterocycles. The van der Waals surface area contributed by atoms with Gasteiger partial charge in [-0.3, -0.25) is 9.59 Å². The molecular weight excluding hydrogens is 612 g/mol. The molecule has 2 aromatic carbocycles. The number of rotatable bonds is 12. The summed E-state index contributed by atoms with van der Waals surface area (Å²) in [4.78, 5) is 52.0. The van der Waals surface area contributed by atoms with Gasteiger partial charge in [0.15, 0.2) is 24.5 Å². The Morgan fingerprint density at radius 3 is 2.40 bits per heavy atom. The lowest BCUT2D eigenvalue weighted by Crippen LogP contribution is -2.67. The van der Waals surface area contributed by atoms with Crippen LogP contribution < -0.4 is 15.4 Å². The van der Waals surface area contributed by atoms with Crippen molar-refractivity contribution in [2.45, 2.75) is 83.0 Å². The molecule has 13 heteroatoms. The molecule has 0 bridgehead atoms. The smallest absolute Gasteiger partial charge is 0.408 e. The molecule has 0 spiro atoms. The van der Waals surface area contributed by atoms with Gasteiger partial charge in [-0.25, -0.2) is 9.59 Å². The van der Waals surface area contributed by atoms with E-state index in [0.717, 1.165) is 11.1 Å². The molecule has 2 N–H and O–H groups in total. The molecule has 252 valence electrons. The average molecular weight is 653 g/mol. The number of hydrogen-bond acceptors (Lipinski definition) is 11. The third kappa shape index (κ3) is 7.75. The molecule has 3 aliphatic rings. The number of alkyl carbamates (subject to hydrolysis) is 1. The van der Waals surface area contributed by atoms with Crippen LogP contribution in [-0.4, -0.2) is 73.8 Å². The lowest BCUT2D eigenvalue weighted by molar-refractivity contribution is -0.178. The highest BCUT2D eigenvalue weighted by molar-refractivity contribution is 5.95. The molecule has 2 aromatic rings. The third-order valence-electron chi connectivity index (χ3n) is 8.32. The van der Waals surface area contributed by atoms with Gasteiger partial charge < -0.3 is 43.8 Å². The van der Waals surface area contributed by atoms with Gasteiger partial charge in [-0.2, -0.15) is 0 Å². The Labute approximate surface area is 272 Å². The van der Waals surface area contributed by atoms with Gasteiger partial charge in [0.25, 0.3) is 0 Å². The zero-order valence-electron chi connectivity index (χ0n) is 27.0. The Bertz CT molecular complexity index is 1490. The van der Waals surface area contributed by atoms with Crippen LogP contribution in [0.15, 0.2) is 65.9 Å². The van der Waals surface area contributed by atoms with E-state index in [1.807, 2.05) is 30.3 Å². The van der Waals surface area contributed by atoms with Crippen LogP contribution in [0.2, 0.25) is 0 Å². The number of nitrogens with one attached hydrogen (secondary N) is 2. The lowest BCUT2D eigenvalue weighted by Gasteiger charge is -2.47. The molecular formula is C34H40N2O11. The molecule has 2 saturated heterocycles. The first-order valence-corrected chi connectivity index (χ1v) is 15.3. The Morgan fingerprint density at radius 1 is 1.02 bits per heavy atom. The average Bonchev–Trinajstić information content (AvgIpc) is 3.37. The lowest BCUT2D eigenvalue weighted by atomic mass is 9.70. The fourth-order valence-electron chi connectivity index (χ4n) is 6.00. The van der Waals surface area contributed by atoms with Crippen LogP contribution in [0.1, 0.15) is 45.2 Å². The van der Waals surface area contributed by atoms with Crippen LogP contribution >= 0.6 is 0 Å². The second-order valence-corrected chi connectivity index (χ2v) is 12.3. The van der Waals surface area contributed by atoms with Crippen molar-refractivity contribution in [1.82, 2.24) is 10.6 Å². The fraction of sp³-hybridized carbons (Fsp3) is 0.471. The molecule has 2 fully saturated rings. The minimum atomic E-state index is -1.78. The molecule has 1 unspecified atom stereocenters. The number of aldehydes is 1. The normalized spacial score (nSPS) is 26.6. The van der Waals surface area contributed by atoms with Crippen molar-refractivity contribution in [2.24, 2.45) is 5.92 Å². The molecule has 0 aromatic heterocycles. The van der Waals surface area contributed by atoms with E-state index in [0.29, 0.717) is 12.0 Å². The molecule has 1 aliphatic carbocycles. The van der Waals surface area contributed by atoms with E-state index < -0.39 is 59.6 Å². The van der Waals surface area contributed by atoms with Gasteiger partial charge in [0.2, 0.25) is 5.91 Å².